The minimum atomic E-state index is -2.82. The largest absolute Gasteiger partial charge is 0.368 e. The summed E-state index contributed by atoms with van der Waals surface area (Å²) in [6.45, 7) is 3.90. The molecule has 0 spiro atoms. The lowest BCUT2D eigenvalue weighted by atomic mass is 9.94. The smallest absolute Gasteiger partial charge is 0.237 e. The van der Waals surface area contributed by atoms with Gasteiger partial charge in [0.05, 0.1) is 17.0 Å². The van der Waals surface area contributed by atoms with Gasteiger partial charge < -0.3 is 16.0 Å². The standard InChI is InChI=1S/C13H25N3O3S/c1-13(12(14)17,15-11-3-4-11)5-2-6-16-7-9-20(18,19)10-8-16/h11,15H,2-10H2,1H3,(H2,14,17). The Morgan fingerprint density at radius 2 is 1.95 bits per heavy atom. The molecule has 1 saturated carbocycles. The van der Waals surface area contributed by atoms with Gasteiger partial charge in [-0.3, -0.25) is 4.79 Å². The van der Waals surface area contributed by atoms with Crippen molar-refractivity contribution in [2.75, 3.05) is 31.1 Å². The molecule has 1 aliphatic carbocycles. The molecule has 7 heteroatoms. The quantitative estimate of drug-likeness (QED) is 0.661. The molecule has 1 aliphatic heterocycles. The van der Waals surface area contributed by atoms with Crippen LogP contribution in [0.5, 0.6) is 0 Å². The van der Waals surface area contributed by atoms with Crippen LogP contribution >= 0.6 is 0 Å². The van der Waals surface area contributed by atoms with Crippen LogP contribution < -0.4 is 11.1 Å². The first kappa shape index (κ1) is 15.7. The van der Waals surface area contributed by atoms with Crippen molar-refractivity contribution in [2.24, 2.45) is 5.73 Å². The Bertz CT molecular complexity index is 447. The highest BCUT2D eigenvalue weighted by molar-refractivity contribution is 7.91. The number of carbonyl (C=O) groups is 1. The fraction of sp³-hybridized carbons (Fsp3) is 0.923. The first-order valence-electron chi connectivity index (χ1n) is 7.31. The van der Waals surface area contributed by atoms with E-state index in [1.807, 2.05) is 6.92 Å². The van der Waals surface area contributed by atoms with E-state index >= 15 is 0 Å². The van der Waals surface area contributed by atoms with Gasteiger partial charge in [-0.1, -0.05) is 0 Å². The normalized spacial score (nSPS) is 26.1. The molecule has 6 nitrogen and oxygen atoms in total. The summed E-state index contributed by atoms with van der Waals surface area (Å²) in [5, 5.41) is 3.33. The molecule has 2 fully saturated rings. The Labute approximate surface area is 121 Å². The van der Waals surface area contributed by atoms with Crippen LogP contribution in [-0.2, 0) is 14.6 Å². The molecule has 116 valence electrons. The van der Waals surface area contributed by atoms with Crippen LogP contribution in [-0.4, -0.2) is 61.9 Å². The number of sulfone groups is 1. The van der Waals surface area contributed by atoms with Crippen molar-refractivity contribution in [1.82, 2.24) is 10.2 Å². The van der Waals surface area contributed by atoms with E-state index in [0.29, 0.717) is 25.6 Å². The van der Waals surface area contributed by atoms with Gasteiger partial charge in [-0.05, 0) is 39.2 Å². The first-order valence-corrected chi connectivity index (χ1v) is 9.13. The molecule has 1 atom stereocenters. The average molecular weight is 303 g/mol. The number of hydrogen-bond acceptors (Lipinski definition) is 5. The second-order valence-corrected chi connectivity index (χ2v) is 8.52. The molecule has 2 rings (SSSR count). The maximum Gasteiger partial charge on any atom is 0.237 e. The van der Waals surface area contributed by atoms with E-state index in [4.69, 9.17) is 5.73 Å². The maximum atomic E-state index is 11.6. The Morgan fingerprint density at radius 1 is 1.35 bits per heavy atom. The van der Waals surface area contributed by atoms with Crippen molar-refractivity contribution in [3.63, 3.8) is 0 Å². The molecule has 0 radical (unpaired) electrons. The minimum Gasteiger partial charge on any atom is -0.368 e. The monoisotopic (exact) mass is 303 g/mol. The summed E-state index contributed by atoms with van der Waals surface area (Å²) >= 11 is 0. The van der Waals surface area contributed by atoms with E-state index in [-0.39, 0.29) is 17.4 Å². The summed E-state index contributed by atoms with van der Waals surface area (Å²) in [4.78, 5) is 13.8. The molecular formula is C13H25N3O3S. The summed E-state index contributed by atoms with van der Waals surface area (Å²) in [7, 11) is -2.82. The third-order valence-electron chi connectivity index (χ3n) is 4.23. The molecule has 1 unspecified atom stereocenters. The van der Waals surface area contributed by atoms with Crippen LogP contribution in [0.4, 0.5) is 0 Å². The van der Waals surface area contributed by atoms with Crippen LogP contribution in [0.1, 0.15) is 32.6 Å². The van der Waals surface area contributed by atoms with E-state index in [2.05, 4.69) is 10.2 Å². The second kappa shape index (κ2) is 5.99. The second-order valence-electron chi connectivity index (χ2n) is 6.21. The van der Waals surface area contributed by atoms with Crippen molar-refractivity contribution >= 4 is 15.7 Å². The Hall–Kier alpha value is -0.660. The predicted octanol–water partition coefficient (Wildman–Crippen LogP) is -0.507. The van der Waals surface area contributed by atoms with Crippen molar-refractivity contribution in [3.8, 4) is 0 Å². The molecule has 0 aromatic carbocycles. The van der Waals surface area contributed by atoms with Crippen LogP contribution in [0.25, 0.3) is 0 Å². The number of rotatable bonds is 7. The lowest BCUT2D eigenvalue weighted by Gasteiger charge is -2.30. The number of primary amides is 1. The van der Waals surface area contributed by atoms with Crippen LogP contribution in [0.2, 0.25) is 0 Å². The minimum absolute atomic E-state index is 0.250. The van der Waals surface area contributed by atoms with Gasteiger partial charge in [-0.2, -0.15) is 0 Å². The molecule has 20 heavy (non-hydrogen) atoms. The van der Waals surface area contributed by atoms with Crippen molar-refractivity contribution < 1.29 is 13.2 Å². The zero-order chi connectivity index (χ0) is 14.8. The third-order valence-corrected chi connectivity index (χ3v) is 5.84. The lowest BCUT2D eigenvalue weighted by molar-refractivity contribution is -0.124. The number of hydrogen-bond donors (Lipinski definition) is 2. The number of nitrogens with one attached hydrogen (secondary N) is 1. The predicted molar refractivity (Wildman–Crippen MR) is 78.1 cm³/mol. The van der Waals surface area contributed by atoms with Crippen LogP contribution in [0.15, 0.2) is 0 Å². The van der Waals surface area contributed by atoms with Crippen molar-refractivity contribution in [1.29, 1.82) is 0 Å². The van der Waals surface area contributed by atoms with Gasteiger partial charge in [0.1, 0.15) is 0 Å². The fourth-order valence-electron chi connectivity index (χ4n) is 2.57. The number of nitrogens with zero attached hydrogens (tertiary/aromatic N) is 1. The molecule has 1 amide bonds. The first-order chi connectivity index (χ1) is 9.31. The average Bonchev–Trinajstić information content (AvgIpc) is 3.15. The van der Waals surface area contributed by atoms with Gasteiger partial charge in [-0.15, -0.1) is 0 Å². The Morgan fingerprint density at radius 3 is 2.45 bits per heavy atom. The van der Waals surface area contributed by atoms with Gasteiger partial charge in [-0.25, -0.2) is 8.42 Å². The van der Waals surface area contributed by atoms with Gasteiger partial charge in [0.2, 0.25) is 5.91 Å². The maximum absolute atomic E-state index is 11.6. The summed E-state index contributed by atoms with van der Waals surface area (Å²) < 4.78 is 22.7. The summed E-state index contributed by atoms with van der Waals surface area (Å²) in [5.74, 6) is 0.200. The fourth-order valence-corrected chi connectivity index (χ4v) is 3.85. The Balaban J connectivity index is 1.74. The summed E-state index contributed by atoms with van der Waals surface area (Å²) in [5.41, 5.74) is 4.87. The lowest BCUT2D eigenvalue weighted by Crippen LogP contribution is -2.54. The van der Waals surface area contributed by atoms with Gasteiger partial charge in [0.25, 0.3) is 0 Å². The highest BCUT2D eigenvalue weighted by atomic mass is 32.2. The molecule has 0 aromatic heterocycles. The van der Waals surface area contributed by atoms with E-state index < -0.39 is 15.4 Å². The molecule has 1 saturated heterocycles. The molecule has 1 heterocycles. The molecule has 2 aliphatic rings. The molecule has 0 bridgehead atoms. The van der Waals surface area contributed by atoms with E-state index in [1.165, 1.54) is 0 Å². The van der Waals surface area contributed by atoms with Crippen LogP contribution in [0, 0.1) is 0 Å². The van der Waals surface area contributed by atoms with Crippen molar-refractivity contribution in [3.05, 3.63) is 0 Å². The van der Waals surface area contributed by atoms with E-state index in [0.717, 1.165) is 25.8 Å². The van der Waals surface area contributed by atoms with Gasteiger partial charge in [0.15, 0.2) is 9.84 Å². The van der Waals surface area contributed by atoms with Gasteiger partial charge in [0, 0.05) is 19.1 Å². The number of carbonyl (C=O) groups excluding carboxylic acids is 1. The van der Waals surface area contributed by atoms with Crippen molar-refractivity contribution in [2.45, 2.75) is 44.2 Å². The molecule has 0 aromatic rings. The molecule has 3 N–H and O–H groups in total. The highest BCUT2D eigenvalue weighted by Crippen LogP contribution is 2.24. The number of amides is 1. The SMILES string of the molecule is CC(CCCN1CCS(=O)(=O)CC1)(NC1CC1)C(N)=O. The zero-order valence-electron chi connectivity index (χ0n) is 12.1. The molecular weight excluding hydrogens is 278 g/mol. The van der Waals surface area contributed by atoms with Gasteiger partial charge >= 0.3 is 0 Å². The highest BCUT2D eigenvalue weighted by Gasteiger charge is 2.36. The van der Waals surface area contributed by atoms with E-state index in [9.17, 15) is 13.2 Å². The summed E-state index contributed by atoms with van der Waals surface area (Å²) in [6, 6.07) is 0.438. The zero-order valence-corrected chi connectivity index (χ0v) is 12.9. The Kier molecular flexibility index (Phi) is 4.71. The topological polar surface area (TPSA) is 92.5 Å². The number of nitrogens with two attached hydrogens (primary N) is 1. The van der Waals surface area contributed by atoms with Crippen LogP contribution in [0.3, 0.4) is 0 Å². The van der Waals surface area contributed by atoms with E-state index in [1.54, 1.807) is 0 Å². The summed E-state index contributed by atoms with van der Waals surface area (Å²) in [6.07, 6.45) is 3.78. The third kappa shape index (κ3) is 4.43.